The molecule has 0 spiro atoms. The number of fused-ring (bicyclic) bond motifs is 1. The summed E-state index contributed by atoms with van der Waals surface area (Å²) in [5.41, 5.74) is 9.79. The highest BCUT2D eigenvalue weighted by atomic mass is 32.2. The largest absolute Gasteiger partial charge is 0.366 e. The van der Waals surface area contributed by atoms with Crippen LogP contribution in [0.1, 0.15) is 66.4 Å². The number of aromatic amines is 1. The topological polar surface area (TPSA) is 108 Å². The lowest BCUT2D eigenvalue weighted by Gasteiger charge is -2.31. The van der Waals surface area contributed by atoms with Crippen LogP contribution in [0.3, 0.4) is 0 Å². The number of hydrogen-bond acceptors (Lipinski definition) is 5. The Labute approximate surface area is 207 Å². The van der Waals surface area contributed by atoms with E-state index in [0.29, 0.717) is 24.7 Å². The van der Waals surface area contributed by atoms with Gasteiger partial charge < -0.3 is 16.0 Å². The fourth-order valence-electron chi connectivity index (χ4n) is 4.83. The van der Waals surface area contributed by atoms with Crippen molar-refractivity contribution in [2.24, 2.45) is 5.73 Å². The van der Waals surface area contributed by atoms with Gasteiger partial charge in [0.05, 0.1) is 16.8 Å². The molecule has 0 unspecified atom stereocenters. The molecule has 2 fully saturated rings. The van der Waals surface area contributed by atoms with Gasteiger partial charge in [-0.25, -0.2) is 12.7 Å². The number of allylic oxidation sites excluding steroid dienone is 2. The first-order valence-corrected chi connectivity index (χ1v) is 14.1. The number of hydrogen-bond donors (Lipinski definition) is 4. The van der Waals surface area contributed by atoms with Gasteiger partial charge in [0.2, 0.25) is 10.0 Å². The van der Waals surface area contributed by atoms with Crippen molar-refractivity contribution in [3.63, 3.8) is 0 Å². The molecule has 1 saturated carbocycles. The van der Waals surface area contributed by atoms with Crippen molar-refractivity contribution in [1.82, 2.24) is 14.6 Å². The molecule has 0 atom stereocenters. The third-order valence-electron chi connectivity index (χ3n) is 7.14. The van der Waals surface area contributed by atoms with E-state index in [-0.39, 0.29) is 11.7 Å². The van der Waals surface area contributed by atoms with E-state index in [4.69, 9.17) is 5.73 Å². The molecule has 1 aliphatic carbocycles. The highest BCUT2D eigenvalue weighted by Gasteiger charge is 2.29. The van der Waals surface area contributed by atoms with Crippen molar-refractivity contribution >= 4 is 45.0 Å². The van der Waals surface area contributed by atoms with Crippen LogP contribution in [0.15, 0.2) is 35.9 Å². The van der Waals surface area contributed by atoms with Crippen LogP contribution >= 0.6 is 12.6 Å². The van der Waals surface area contributed by atoms with Gasteiger partial charge in [-0.2, -0.15) is 12.6 Å². The van der Waals surface area contributed by atoms with Crippen molar-refractivity contribution in [3.05, 3.63) is 52.6 Å². The number of carbonyl (C=O) groups is 1. The molecular weight excluding hydrogens is 468 g/mol. The van der Waals surface area contributed by atoms with E-state index in [0.717, 1.165) is 47.0 Å². The van der Waals surface area contributed by atoms with Gasteiger partial charge in [0, 0.05) is 37.3 Å². The maximum Gasteiger partial charge on any atom is 0.250 e. The number of piperidine rings is 1. The Kier molecular flexibility index (Phi) is 7.87. The van der Waals surface area contributed by atoms with Gasteiger partial charge in [-0.05, 0) is 72.8 Å². The molecular formula is C25H34N4O3S2. The van der Waals surface area contributed by atoms with E-state index in [1.165, 1.54) is 19.3 Å². The minimum absolute atomic E-state index is 0.124. The zero-order valence-electron chi connectivity index (χ0n) is 19.6. The monoisotopic (exact) mass is 502 g/mol. The number of nitrogens with one attached hydrogen (secondary N) is 2. The number of rotatable bonds is 9. The number of benzene rings is 1. The van der Waals surface area contributed by atoms with E-state index in [1.807, 2.05) is 18.3 Å². The van der Waals surface area contributed by atoms with Crippen LogP contribution in [0, 0.1) is 0 Å². The van der Waals surface area contributed by atoms with Gasteiger partial charge in [-0.3, -0.25) is 4.79 Å². The van der Waals surface area contributed by atoms with Crippen LogP contribution in [0.5, 0.6) is 0 Å². The molecule has 2 aromatic rings. The summed E-state index contributed by atoms with van der Waals surface area (Å²) >= 11 is 4.42. The number of primary amides is 1. The minimum atomic E-state index is -3.17. The molecule has 2 heterocycles. The molecule has 1 aromatic carbocycles. The number of nitrogens with zero attached hydrogens (tertiary/aromatic N) is 1. The van der Waals surface area contributed by atoms with Crippen LogP contribution < -0.4 is 11.1 Å². The van der Waals surface area contributed by atoms with Crippen LogP contribution in [0.4, 0.5) is 0 Å². The summed E-state index contributed by atoms with van der Waals surface area (Å²) in [5.74, 6) is -0.157. The zero-order chi connectivity index (χ0) is 24.3. The van der Waals surface area contributed by atoms with Gasteiger partial charge in [-0.1, -0.05) is 18.6 Å². The summed E-state index contributed by atoms with van der Waals surface area (Å²) in [4.78, 5) is 15.5. The molecule has 4 N–H and O–H groups in total. The Morgan fingerprint density at radius 2 is 2.00 bits per heavy atom. The predicted molar refractivity (Wildman–Crippen MR) is 142 cm³/mol. The normalized spacial score (nSPS) is 19.2. The lowest BCUT2D eigenvalue weighted by molar-refractivity contribution is 0.100. The standard InChI is InChI=1S/C25H34N4O3S2/c1-2-34(31,32)29-11-8-17(9-12-29)23-15-28-24-21(23)13-19(14-22(24)25(26)30)18(16-33)5-4-10-27-20-6-3-7-20/h4-5,13-17,20,27-28,33H,2-3,6-12H2,1H3,(H2,26,30)/b5-4+,18-16+. The summed E-state index contributed by atoms with van der Waals surface area (Å²) in [6.07, 6.45) is 11.3. The molecule has 1 aliphatic heterocycles. The van der Waals surface area contributed by atoms with E-state index in [2.05, 4.69) is 35.1 Å². The minimum Gasteiger partial charge on any atom is -0.366 e. The van der Waals surface area contributed by atoms with Crippen LogP contribution in [-0.2, 0) is 10.0 Å². The molecule has 7 nitrogen and oxygen atoms in total. The van der Waals surface area contributed by atoms with E-state index in [1.54, 1.807) is 16.6 Å². The highest BCUT2D eigenvalue weighted by molar-refractivity contribution is 7.89. The predicted octanol–water partition coefficient (Wildman–Crippen LogP) is 3.76. The second-order valence-electron chi connectivity index (χ2n) is 9.15. The van der Waals surface area contributed by atoms with Crippen LogP contribution in [0.25, 0.3) is 16.5 Å². The van der Waals surface area contributed by atoms with Crippen molar-refractivity contribution in [2.75, 3.05) is 25.4 Å². The maximum absolute atomic E-state index is 12.3. The number of nitrogens with two attached hydrogens (primary N) is 1. The maximum atomic E-state index is 12.3. The fourth-order valence-corrected chi connectivity index (χ4v) is 6.19. The third kappa shape index (κ3) is 5.27. The molecule has 34 heavy (non-hydrogen) atoms. The first kappa shape index (κ1) is 25.0. The quantitative estimate of drug-likeness (QED) is 0.309. The third-order valence-corrected chi connectivity index (χ3v) is 9.30. The van der Waals surface area contributed by atoms with Gasteiger partial charge in [0.15, 0.2) is 0 Å². The Hall–Kier alpha value is -2.07. The van der Waals surface area contributed by atoms with E-state index < -0.39 is 15.9 Å². The lowest BCUT2D eigenvalue weighted by Crippen LogP contribution is -2.38. The zero-order valence-corrected chi connectivity index (χ0v) is 21.3. The summed E-state index contributed by atoms with van der Waals surface area (Å²) in [7, 11) is -3.17. The molecule has 9 heteroatoms. The van der Waals surface area contributed by atoms with Crippen molar-refractivity contribution < 1.29 is 13.2 Å². The second kappa shape index (κ2) is 10.7. The average Bonchev–Trinajstić information content (AvgIpc) is 3.23. The number of H-pyrrole nitrogens is 1. The number of aromatic nitrogens is 1. The van der Waals surface area contributed by atoms with Crippen molar-refractivity contribution in [3.8, 4) is 0 Å². The summed E-state index contributed by atoms with van der Waals surface area (Å²) in [5, 5.41) is 6.21. The fraction of sp³-hybridized carbons (Fsp3) is 0.480. The van der Waals surface area contributed by atoms with Crippen molar-refractivity contribution in [1.29, 1.82) is 0 Å². The highest BCUT2D eigenvalue weighted by Crippen LogP contribution is 2.36. The SMILES string of the molecule is CCS(=O)(=O)N1CCC(c2c[nH]c3c(C(N)=O)cc(C(/C=C/CNC4CCC4)=C/S)cc23)CC1. The lowest BCUT2D eigenvalue weighted by atomic mass is 9.88. The molecule has 4 rings (SSSR count). The van der Waals surface area contributed by atoms with E-state index in [9.17, 15) is 13.2 Å². The van der Waals surface area contributed by atoms with E-state index >= 15 is 0 Å². The molecule has 1 amide bonds. The van der Waals surface area contributed by atoms with Crippen molar-refractivity contribution in [2.45, 2.75) is 51.0 Å². The molecule has 2 aliphatic rings. The van der Waals surface area contributed by atoms with Gasteiger partial charge in [-0.15, -0.1) is 0 Å². The van der Waals surface area contributed by atoms with Crippen LogP contribution in [-0.4, -0.2) is 55.0 Å². The number of thiol groups is 1. The molecule has 0 radical (unpaired) electrons. The summed E-state index contributed by atoms with van der Waals surface area (Å²) in [6, 6.07) is 4.51. The number of carbonyl (C=O) groups excluding carboxylic acids is 1. The Bertz CT molecular complexity index is 1200. The Morgan fingerprint density at radius 1 is 1.26 bits per heavy atom. The second-order valence-corrected chi connectivity index (χ2v) is 11.7. The average molecular weight is 503 g/mol. The first-order chi connectivity index (χ1) is 16.3. The molecule has 1 saturated heterocycles. The Morgan fingerprint density at radius 3 is 2.59 bits per heavy atom. The number of sulfonamides is 1. The number of amides is 1. The smallest absolute Gasteiger partial charge is 0.250 e. The summed E-state index contributed by atoms with van der Waals surface area (Å²) < 4.78 is 26.1. The van der Waals surface area contributed by atoms with Gasteiger partial charge >= 0.3 is 0 Å². The van der Waals surface area contributed by atoms with Crippen LogP contribution in [0.2, 0.25) is 0 Å². The molecule has 1 aromatic heterocycles. The summed E-state index contributed by atoms with van der Waals surface area (Å²) in [6.45, 7) is 3.48. The van der Waals surface area contributed by atoms with Gasteiger partial charge in [0.25, 0.3) is 5.91 Å². The Balaban J connectivity index is 1.60. The molecule has 0 bridgehead atoms. The molecule has 184 valence electrons. The first-order valence-electron chi connectivity index (χ1n) is 12.0. The van der Waals surface area contributed by atoms with Gasteiger partial charge in [0.1, 0.15) is 0 Å².